The fourth-order valence-corrected chi connectivity index (χ4v) is 1.74. The molecule has 1 saturated heterocycles. The Morgan fingerprint density at radius 1 is 0.778 bits per heavy atom. The Labute approximate surface area is 59.3 Å². The van der Waals surface area contributed by atoms with Gasteiger partial charge in [-0.25, -0.2) is 0 Å². The fourth-order valence-electron chi connectivity index (χ4n) is 0.921. The zero-order chi connectivity index (χ0) is 6.10. The zero-order valence-electron chi connectivity index (χ0n) is 5.03. The molecule has 0 bridgehead atoms. The lowest BCUT2D eigenvalue weighted by Crippen LogP contribution is -1.84. The van der Waals surface area contributed by atoms with Gasteiger partial charge in [0, 0.05) is 10.5 Å². The Morgan fingerprint density at radius 3 is 1.89 bits per heavy atom. The van der Waals surface area contributed by atoms with Crippen molar-refractivity contribution in [3.05, 3.63) is 36.5 Å². The number of rotatable bonds is 0. The predicted molar refractivity (Wildman–Crippen MR) is 42.6 cm³/mol. The van der Waals surface area contributed by atoms with Crippen LogP contribution >= 0.6 is 11.8 Å². The molecule has 1 aliphatic heterocycles. The van der Waals surface area contributed by atoms with Crippen LogP contribution in [-0.4, -0.2) is 10.5 Å². The highest BCUT2D eigenvalue weighted by molar-refractivity contribution is 8.08. The summed E-state index contributed by atoms with van der Waals surface area (Å²) in [6, 6.07) is 0. The molecule has 2 rings (SSSR count). The van der Waals surface area contributed by atoms with Gasteiger partial charge in [0.1, 0.15) is 0 Å². The lowest BCUT2D eigenvalue weighted by molar-refractivity contribution is 1.23. The highest BCUT2D eigenvalue weighted by Crippen LogP contribution is 2.43. The summed E-state index contributed by atoms with van der Waals surface area (Å²) in [4.78, 5) is 0. The Bertz CT molecular complexity index is 169. The number of hydrogen-bond acceptors (Lipinski definition) is 1. The van der Waals surface area contributed by atoms with Gasteiger partial charge in [0.2, 0.25) is 0 Å². The minimum Gasteiger partial charge on any atom is -0.144 e. The maximum atomic E-state index is 2.26. The van der Waals surface area contributed by atoms with E-state index in [1.54, 1.807) is 0 Å². The summed E-state index contributed by atoms with van der Waals surface area (Å²) in [6.07, 6.45) is 12.9. The first-order valence-corrected chi connectivity index (χ1v) is 4.08. The van der Waals surface area contributed by atoms with Crippen molar-refractivity contribution in [2.24, 2.45) is 0 Å². The van der Waals surface area contributed by atoms with Gasteiger partial charge in [-0.05, 0) is 0 Å². The smallest absolute Gasteiger partial charge is 0.0391 e. The summed E-state index contributed by atoms with van der Waals surface area (Å²) in [5.74, 6) is 0. The van der Waals surface area contributed by atoms with Crippen LogP contribution in [0.3, 0.4) is 0 Å². The second kappa shape index (κ2) is 2.07. The van der Waals surface area contributed by atoms with Crippen molar-refractivity contribution in [2.75, 3.05) is 0 Å². The SMILES string of the molecule is C1=CC=CC2SC2C=C1. The summed E-state index contributed by atoms with van der Waals surface area (Å²) in [7, 11) is 0. The van der Waals surface area contributed by atoms with Gasteiger partial charge >= 0.3 is 0 Å². The van der Waals surface area contributed by atoms with Gasteiger partial charge in [-0.1, -0.05) is 36.5 Å². The van der Waals surface area contributed by atoms with E-state index in [0.29, 0.717) is 0 Å². The van der Waals surface area contributed by atoms with Crippen molar-refractivity contribution < 1.29 is 0 Å². The van der Waals surface area contributed by atoms with Crippen molar-refractivity contribution in [1.29, 1.82) is 0 Å². The van der Waals surface area contributed by atoms with E-state index in [9.17, 15) is 0 Å². The van der Waals surface area contributed by atoms with Crippen molar-refractivity contribution in [2.45, 2.75) is 10.5 Å². The van der Waals surface area contributed by atoms with E-state index in [-0.39, 0.29) is 0 Å². The van der Waals surface area contributed by atoms with Crippen molar-refractivity contribution >= 4 is 11.8 Å². The second-order valence-corrected chi connectivity index (χ2v) is 3.58. The van der Waals surface area contributed by atoms with Crippen LogP contribution in [0.15, 0.2) is 36.5 Å². The molecule has 2 unspecified atom stereocenters. The number of fused-ring (bicyclic) bond motifs is 1. The average Bonchev–Trinajstić information content (AvgIpc) is 2.46. The third-order valence-corrected chi connectivity index (χ3v) is 2.71. The van der Waals surface area contributed by atoms with E-state index in [1.807, 2.05) is 11.8 Å². The summed E-state index contributed by atoms with van der Waals surface area (Å²) >= 11 is 2.01. The molecule has 0 aromatic rings. The van der Waals surface area contributed by atoms with Crippen LogP contribution in [0.4, 0.5) is 0 Å². The Hall–Kier alpha value is -0.430. The molecule has 0 aromatic carbocycles. The first kappa shape index (κ1) is 5.36. The van der Waals surface area contributed by atoms with E-state index >= 15 is 0 Å². The van der Waals surface area contributed by atoms with Gasteiger partial charge in [0.15, 0.2) is 0 Å². The van der Waals surface area contributed by atoms with Gasteiger partial charge in [-0.2, -0.15) is 0 Å². The van der Waals surface area contributed by atoms with Crippen molar-refractivity contribution in [3.8, 4) is 0 Å². The molecule has 0 spiro atoms. The molecule has 9 heavy (non-hydrogen) atoms. The standard InChI is InChI=1S/C8H8S/c1-2-4-6-8-7(9-8)5-3-1/h1-8H. The fraction of sp³-hybridized carbons (Fsp3) is 0.250. The lowest BCUT2D eigenvalue weighted by atomic mass is 10.2. The Kier molecular flexibility index (Phi) is 1.23. The van der Waals surface area contributed by atoms with Crippen LogP contribution in [-0.2, 0) is 0 Å². The molecular weight excluding hydrogens is 128 g/mol. The Morgan fingerprint density at radius 2 is 1.33 bits per heavy atom. The molecule has 1 heteroatoms. The van der Waals surface area contributed by atoms with Gasteiger partial charge in [-0.3, -0.25) is 0 Å². The largest absolute Gasteiger partial charge is 0.144 e. The van der Waals surface area contributed by atoms with Crippen LogP contribution in [0.5, 0.6) is 0 Å². The molecular formula is C8H8S. The molecule has 1 aliphatic carbocycles. The molecule has 1 heterocycles. The third-order valence-electron chi connectivity index (χ3n) is 1.50. The van der Waals surface area contributed by atoms with E-state index in [2.05, 4.69) is 36.5 Å². The molecule has 0 aromatic heterocycles. The van der Waals surface area contributed by atoms with E-state index < -0.39 is 0 Å². The normalized spacial score (nSPS) is 37.3. The van der Waals surface area contributed by atoms with Crippen LogP contribution in [0, 0.1) is 0 Å². The van der Waals surface area contributed by atoms with Crippen LogP contribution in [0.1, 0.15) is 0 Å². The van der Waals surface area contributed by atoms with Crippen LogP contribution < -0.4 is 0 Å². The summed E-state index contributed by atoms with van der Waals surface area (Å²) < 4.78 is 0. The first-order valence-electron chi connectivity index (χ1n) is 3.14. The number of thioether (sulfide) groups is 1. The molecule has 0 N–H and O–H groups in total. The molecule has 46 valence electrons. The molecule has 2 atom stereocenters. The van der Waals surface area contributed by atoms with Gasteiger partial charge in [0.05, 0.1) is 0 Å². The predicted octanol–water partition coefficient (Wildman–Crippen LogP) is 2.15. The van der Waals surface area contributed by atoms with Gasteiger partial charge < -0.3 is 0 Å². The quantitative estimate of drug-likeness (QED) is 0.460. The molecule has 0 amide bonds. The lowest BCUT2D eigenvalue weighted by Gasteiger charge is -1.83. The topological polar surface area (TPSA) is 0 Å². The third kappa shape index (κ3) is 1.11. The zero-order valence-corrected chi connectivity index (χ0v) is 5.84. The molecule has 1 fully saturated rings. The minimum absolute atomic E-state index is 0.784. The van der Waals surface area contributed by atoms with Crippen molar-refractivity contribution in [3.63, 3.8) is 0 Å². The molecule has 0 saturated carbocycles. The highest BCUT2D eigenvalue weighted by Gasteiger charge is 2.33. The van der Waals surface area contributed by atoms with E-state index in [1.165, 1.54) is 0 Å². The van der Waals surface area contributed by atoms with Crippen molar-refractivity contribution in [1.82, 2.24) is 0 Å². The molecule has 0 radical (unpaired) electrons. The summed E-state index contributed by atoms with van der Waals surface area (Å²) in [5.41, 5.74) is 0. The highest BCUT2D eigenvalue weighted by atomic mass is 32.2. The average molecular weight is 136 g/mol. The number of hydrogen-bond donors (Lipinski definition) is 0. The van der Waals surface area contributed by atoms with Crippen LogP contribution in [0.25, 0.3) is 0 Å². The molecule has 0 nitrogen and oxygen atoms in total. The van der Waals surface area contributed by atoms with Crippen LogP contribution in [0.2, 0.25) is 0 Å². The van der Waals surface area contributed by atoms with E-state index in [0.717, 1.165) is 10.5 Å². The first-order chi connectivity index (χ1) is 4.47. The Balaban J connectivity index is 2.19. The summed E-state index contributed by atoms with van der Waals surface area (Å²) in [5, 5.41) is 1.57. The summed E-state index contributed by atoms with van der Waals surface area (Å²) in [6.45, 7) is 0. The maximum absolute atomic E-state index is 2.26. The number of allylic oxidation sites excluding steroid dienone is 4. The monoisotopic (exact) mass is 136 g/mol. The van der Waals surface area contributed by atoms with Gasteiger partial charge in [0.25, 0.3) is 0 Å². The maximum Gasteiger partial charge on any atom is 0.0391 e. The molecule has 2 aliphatic rings. The minimum atomic E-state index is 0.784. The van der Waals surface area contributed by atoms with E-state index in [4.69, 9.17) is 0 Å². The second-order valence-electron chi connectivity index (χ2n) is 2.22. The van der Waals surface area contributed by atoms with Gasteiger partial charge in [-0.15, -0.1) is 11.8 Å².